The predicted octanol–water partition coefficient (Wildman–Crippen LogP) is 1.28. The molecule has 1 aromatic rings. The van der Waals surface area contributed by atoms with Gasteiger partial charge in [-0.05, 0) is 37.2 Å². The van der Waals surface area contributed by atoms with Gasteiger partial charge in [0.2, 0.25) is 0 Å². The molecule has 1 aliphatic carbocycles. The van der Waals surface area contributed by atoms with Gasteiger partial charge in [0.05, 0.1) is 12.7 Å². The lowest BCUT2D eigenvalue weighted by atomic mass is 9.80. The van der Waals surface area contributed by atoms with Gasteiger partial charge in [-0.1, -0.05) is 0 Å². The number of nitrogens with zero attached hydrogens (tertiary/aromatic N) is 2. The van der Waals surface area contributed by atoms with Gasteiger partial charge in [-0.2, -0.15) is 5.10 Å². The fraction of sp³-hybridized carbons (Fsp3) is 0.727. The monoisotopic (exact) mass is 207 g/mol. The molecule has 1 aliphatic heterocycles. The molecule has 1 saturated heterocycles. The number of fused-ring (bicyclic) bond motifs is 2. The van der Waals surface area contributed by atoms with Gasteiger partial charge in [0, 0.05) is 12.7 Å². The molecule has 1 aromatic heterocycles. The number of hydrogen-bond donors (Lipinski definition) is 1. The van der Waals surface area contributed by atoms with E-state index in [1.807, 2.05) is 16.9 Å². The molecule has 82 valence electrons. The molecule has 2 heterocycles. The molecule has 15 heavy (non-hydrogen) atoms. The number of nitrogen functional groups attached to an aromatic ring is 1. The van der Waals surface area contributed by atoms with Gasteiger partial charge in [0.1, 0.15) is 5.82 Å². The number of nitrogens with two attached hydrogens (primary N) is 1. The van der Waals surface area contributed by atoms with E-state index in [0.717, 1.165) is 25.0 Å². The van der Waals surface area contributed by atoms with Gasteiger partial charge in [-0.25, -0.2) is 0 Å². The van der Waals surface area contributed by atoms with Crippen LogP contribution in [-0.2, 0) is 11.3 Å². The summed E-state index contributed by atoms with van der Waals surface area (Å²) in [4.78, 5) is 0. The standard InChI is InChI=1S/C11H17N3O/c12-11-3-4-14(13-11)6-8-1-2-10-5-9(8)7-15-10/h3-4,8-10H,1-2,5-7H2,(H2,12,13). The van der Waals surface area contributed by atoms with E-state index in [1.54, 1.807) is 0 Å². The summed E-state index contributed by atoms with van der Waals surface area (Å²) in [6.07, 6.45) is 6.26. The smallest absolute Gasteiger partial charge is 0.145 e. The van der Waals surface area contributed by atoms with Crippen molar-refractivity contribution in [1.29, 1.82) is 0 Å². The molecule has 2 N–H and O–H groups in total. The molecule has 1 saturated carbocycles. The van der Waals surface area contributed by atoms with Gasteiger partial charge in [0.15, 0.2) is 0 Å². The summed E-state index contributed by atoms with van der Waals surface area (Å²) in [7, 11) is 0. The molecule has 0 spiro atoms. The lowest BCUT2D eigenvalue weighted by Crippen LogP contribution is -2.25. The number of ether oxygens (including phenoxy) is 1. The first-order valence-corrected chi connectivity index (χ1v) is 5.72. The minimum Gasteiger partial charge on any atom is -0.382 e. The number of anilines is 1. The zero-order chi connectivity index (χ0) is 10.3. The van der Waals surface area contributed by atoms with Crippen LogP contribution in [0.3, 0.4) is 0 Å². The maximum Gasteiger partial charge on any atom is 0.145 e. The van der Waals surface area contributed by atoms with Crippen LogP contribution in [0.15, 0.2) is 12.3 Å². The van der Waals surface area contributed by atoms with Crippen LogP contribution in [0.4, 0.5) is 5.82 Å². The van der Waals surface area contributed by atoms with E-state index < -0.39 is 0 Å². The maximum atomic E-state index is 5.70. The largest absolute Gasteiger partial charge is 0.382 e. The van der Waals surface area contributed by atoms with Crippen molar-refractivity contribution >= 4 is 5.82 Å². The molecule has 2 aliphatic rings. The summed E-state index contributed by atoms with van der Waals surface area (Å²) < 4.78 is 7.67. The summed E-state index contributed by atoms with van der Waals surface area (Å²) in [5.74, 6) is 2.09. The summed E-state index contributed by atoms with van der Waals surface area (Å²) >= 11 is 0. The average molecular weight is 207 g/mol. The van der Waals surface area contributed by atoms with E-state index in [4.69, 9.17) is 10.5 Å². The van der Waals surface area contributed by atoms with Crippen LogP contribution in [0, 0.1) is 11.8 Å². The molecule has 0 aromatic carbocycles. The van der Waals surface area contributed by atoms with E-state index in [0.29, 0.717) is 11.9 Å². The molecule has 4 heteroatoms. The Morgan fingerprint density at radius 2 is 2.47 bits per heavy atom. The lowest BCUT2D eigenvalue weighted by molar-refractivity contribution is 0.107. The SMILES string of the molecule is Nc1ccn(CC2CCC3CC2CO3)n1. The van der Waals surface area contributed by atoms with Crippen molar-refractivity contribution in [3.63, 3.8) is 0 Å². The van der Waals surface area contributed by atoms with E-state index in [1.165, 1.54) is 19.3 Å². The summed E-state index contributed by atoms with van der Waals surface area (Å²) in [6.45, 7) is 1.95. The maximum absolute atomic E-state index is 5.70. The first-order chi connectivity index (χ1) is 7.31. The lowest BCUT2D eigenvalue weighted by Gasteiger charge is -2.26. The predicted molar refractivity (Wildman–Crippen MR) is 57.2 cm³/mol. The Labute approximate surface area is 89.4 Å². The molecular formula is C11H17N3O. The number of hydrogen-bond acceptors (Lipinski definition) is 3. The third-order valence-corrected chi connectivity index (χ3v) is 3.72. The van der Waals surface area contributed by atoms with Crippen molar-refractivity contribution in [2.45, 2.75) is 31.9 Å². The van der Waals surface area contributed by atoms with Gasteiger partial charge in [-0.15, -0.1) is 0 Å². The van der Waals surface area contributed by atoms with Crippen LogP contribution >= 0.6 is 0 Å². The van der Waals surface area contributed by atoms with Crippen LogP contribution in [0.2, 0.25) is 0 Å². The summed E-state index contributed by atoms with van der Waals surface area (Å²) in [5, 5.41) is 4.24. The molecule has 0 amide bonds. The van der Waals surface area contributed by atoms with E-state index >= 15 is 0 Å². The zero-order valence-electron chi connectivity index (χ0n) is 8.80. The minimum atomic E-state index is 0.550. The molecule has 3 atom stereocenters. The third kappa shape index (κ3) is 1.74. The van der Waals surface area contributed by atoms with Crippen molar-refractivity contribution in [3.8, 4) is 0 Å². The second-order valence-electron chi connectivity index (χ2n) is 4.75. The van der Waals surface area contributed by atoms with Crippen molar-refractivity contribution in [3.05, 3.63) is 12.3 Å². The van der Waals surface area contributed by atoms with Gasteiger partial charge < -0.3 is 10.5 Å². The first-order valence-electron chi connectivity index (χ1n) is 5.72. The van der Waals surface area contributed by atoms with Crippen LogP contribution in [-0.4, -0.2) is 22.5 Å². The number of rotatable bonds is 2. The van der Waals surface area contributed by atoms with Crippen LogP contribution in [0.25, 0.3) is 0 Å². The Balaban J connectivity index is 1.67. The third-order valence-electron chi connectivity index (χ3n) is 3.72. The molecule has 2 bridgehead atoms. The highest BCUT2D eigenvalue weighted by atomic mass is 16.5. The Morgan fingerprint density at radius 1 is 1.53 bits per heavy atom. The first kappa shape index (κ1) is 9.21. The fourth-order valence-corrected chi connectivity index (χ4v) is 2.86. The second kappa shape index (κ2) is 3.52. The van der Waals surface area contributed by atoms with Crippen molar-refractivity contribution < 1.29 is 4.74 Å². The Hall–Kier alpha value is -1.03. The van der Waals surface area contributed by atoms with Crippen molar-refractivity contribution in [2.24, 2.45) is 11.8 Å². The second-order valence-corrected chi connectivity index (χ2v) is 4.75. The van der Waals surface area contributed by atoms with E-state index in [9.17, 15) is 0 Å². The minimum absolute atomic E-state index is 0.550. The summed E-state index contributed by atoms with van der Waals surface area (Å²) in [5.41, 5.74) is 5.60. The molecule has 3 unspecified atom stereocenters. The Morgan fingerprint density at radius 3 is 3.27 bits per heavy atom. The molecule has 3 rings (SSSR count). The molecule has 4 nitrogen and oxygen atoms in total. The summed E-state index contributed by atoms with van der Waals surface area (Å²) in [6, 6.07) is 1.86. The Kier molecular flexibility index (Phi) is 2.16. The van der Waals surface area contributed by atoms with Crippen LogP contribution < -0.4 is 5.73 Å². The van der Waals surface area contributed by atoms with Gasteiger partial charge in [-0.3, -0.25) is 4.68 Å². The van der Waals surface area contributed by atoms with Crippen LogP contribution in [0.5, 0.6) is 0 Å². The van der Waals surface area contributed by atoms with Crippen molar-refractivity contribution in [1.82, 2.24) is 9.78 Å². The highest BCUT2D eigenvalue weighted by Crippen LogP contribution is 2.38. The van der Waals surface area contributed by atoms with Gasteiger partial charge in [0.25, 0.3) is 0 Å². The topological polar surface area (TPSA) is 53.1 Å². The van der Waals surface area contributed by atoms with Crippen LogP contribution in [0.1, 0.15) is 19.3 Å². The zero-order valence-corrected chi connectivity index (χ0v) is 8.80. The van der Waals surface area contributed by atoms with Crippen molar-refractivity contribution in [2.75, 3.05) is 12.3 Å². The Bertz CT molecular complexity index is 349. The quantitative estimate of drug-likeness (QED) is 0.794. The number of aromatic nitrogens is 2. The molecular weight excluding hydrogens is 190 g/mol. The highest BCUT2D eigenvalue weighted by molar-refractivity contribution is 5.23. The average Bonchev–Trinajstić information content (AvgIpc) is 2.79. The highest BCUT2D eigenvalue weighted by Gasteiger charge is 2.36. The van der Waals surface area contributed by atoms with E-state index in [2.05, 4.69) is 5.10 Å². The normalized spacial score (nSPS) is 34.5. The van der Waals surface area contributed by atoms with Gasteiger partial charge >= 0.3 is 0 Å². The fourth-order valence-electron chi connectivity index (χ4n) is 2.86. The molecule has 2 fully saturated rings. The van der Waals surface area contributed by atoms with E-state index in [-0.39, 0.29) is 0 Å². The molecule has 0 radical (unpaired) electrons.